The van der Waals surface area contributed by atoms with E-state index in [1.807, 2.05) is 13.8 Å². The Balaban J connectivity index is 3.08. The van der Waals surface area contributed by atoms with Crippen LogP contribution >= 0.6 is 0 Å². The lowest BCUT2D eigenvalue weighted by atomic mass is 9.95. The highest BCUT2D eigenvalue weighted by Gasteiger charge is 2.28. The van der Waals surface area contributed by atoms with Crippen molar-refractivity contribution < 1.29 is 18.6 Å². The van der Waals surface area contributed by atoms with Crippen LogP contribution in [0, 0.1) is 17.6 Å². The van der Waals surface area contributed by atoms with Crippen LogP contribution in [0.25, 0.3) is 0 Å². The first-order valence-corrected chi connectivity index (χ1v) is 5.13. The standard InChI is InChI=1S/C12H16F2O2/c1-7(2)12(16-3)11(15)10-8(13)5-4-6-9(10)14/h4-7,11-12,15H,1-3H3. The molecular weight excluding hydrogens is 214 g/mol. The molecule has 0 radical (unpaired) electrons. The Bertz CT molecular complexity index is 333. The van der Waals surface area contributed by atoms with E-state index in [1.165, 1.54) is 13.2 Å². The minimum Gasteiger partial charge on any atom is -0.385 e. The molecule has 0 aliphatic heterocycles. The molecule has 0 aliphatic carbocycles. The highest BCUT2D eigenvalue weighted by molar-refractivity contribution is 5.23. The van der Waals surface area contributed by atoms with Crippen LogP contribution in [0.15, 0.2) is 18.2 Å². The highest BCUT2D eigenvalue weighted by atomic mass is 19.1. The number of benzene rings is 1. The zero-order valence-electron chi connectivity index (χ0n) is 9.58. The van der Waals surface area contributed by atoms with Crippen LogP contribution < -0.4 is 0 Å². The van der Waals surface area contributed by atoms with E-state index in [0.717, 1.165) is 12.1 Å². The number of rotatable bonds is 4. The summed E-state index contributed by atoms with van der Waals surface area (Å²) < 4.78 is 31.9. The van der Waals surface area contributed by atoms with Crippen molar-refractivity contribution in [3.05, 3.63) is 35.4 Å². The Morgan fingerprint density at radius 3 is 2.06 bits per heavy atom. The van der Waals surface area contributed by atoms with E-state index in [0.29, 0.717) is 0 Å². The fourth-order valence-electron chi connectivity index (χ4n) is 1.72. The van der Waals surface area contributed by atoms with Crippen LogP contribution in [-0.2, 0) is 4.74 Å². The molecule has 90 valence electrons. The van der Waals surface area contributed by atoms with Gasteiger partial charge in [-0.3, -0.25) is 0 Å². The Morgan fingerprint density at radius 1 is 1.19 bits per heavy atom. The predicted molar refractivity (Wildman–Crippen MR) is 57.0 cm³/mol. The molecule has 16 heavy (non-hydrogen) atoms. The molecule has 0 saturated heterocycles. The number of methoxy groups -OCH3 is 1. The molecule has 0 spiro atoms. The van der Waals surface area contributed by atoms with Crippen molar-refractivity contribution in [3.8, 4) is 0 Å². The lowest BCUT2D eigenvalue weighted by Gasteiger charge is -2.25. The molecule has 0 bridgehead atoms. The number of hydrogen-bond donors (Lipinski definition) is 1. The van der Waals surface area contributed by atoms with E-state index in [-0.39, 0.29) is 11.5 Å². The minimum atomic E-state index is -1.30. The molecule has 0 fully saturated rings. The van der Waals surface area contributed by atoms with E-state index in [4.69, 9.17) is 4.74 Å². The zero-order valence-corrected chi connectivity index (χ0v) is 9.58. The van der Waals surface area contributed by atoms with Crippen LogP contribution in [0.2, 0.25) is 0 Å². The second kappa shape index (κ2) is 5.37. The maximum absolute atomic E-state index is 13.4. The van der Waals surface area contributed by atoms with Crippen molar-refractivity contribution in [3.63, 3.8) is 0 Å². The summed E-state index contributed by atoms with van der Waals surface area (Å²) in [4.78, 5) is 0. The summed E-state index contributed by atoms with van der Waals surface area (Å²) in [6, 6.07) is 3.50. The maximum Gasteiger partial charge on any atom is 0.132 e. The Kier molecular flexibility index (Phi) is 4.38. The van der Waals surface area contributed by atoms with Gasteiger partial charge >= 0.3 is 0 Å². The molecule has 1 rings (SSSR count). The van der Waals surface area contributed by atoms with Gasteiger partial charge in [-0.25, -0.2) is 8.78 Å². The molecule has 4 heteroatoms. The lowest BCUT2D eigenvalue weighted by Crippen LogP contribution is -2.27. The Labute approximate surface area is 93.9 Å². The van der Waals surface area contributed by atoms with Crippen molar-refractivity contribution in [2.75, 3.05) is 7.11 Å². The van der Waals surface area contributed by atoms with Crippen LogP contribution in [0.4, 0.5) is 8.78 Å². The molecule has 1 aromatic carbocycles. The smallest absolute Gasteiger partial charge is 0.132 e. The van der Waals surface area contributed by atoms with E-state index in [9.17, 15) is 13.9 Å². The average molecular weight is 230 g/mol. The third kappa shape index (κ3) is 2.57. The largest absolute Gasteiger partial charge is 0.385 e. The van der Waals surface area contributed by atoms with Crippen molar-refractivity contribution in [1.29, 1.82) is 0 Å². The van der Waals surface area contributed by atoms with Gasteiger partial charge in [-0.2, -0.15) is 0 Å². The highest BCUT2D eigenvalue weighted by Crippen LogP contribution is 2.28. The summed E-state index contributed by atoms with van der Waals surface area (Å²) in [7, 11) is 1.41. The van der Waals surface area contributed by atoms with Crippen molar-refractivity contribution in [2.24, 2.45) is 5.92 Å². The van der Waals surface area contributed by atoms with Crippen molar-refractivity contribution in [1.82, 2.24) is 0 Å². The Morgan fingerprint density at radius 2 is 1.69 bits per heavy atom. The molecule has 0 amide bonds. The number of aliphatic hydroxyl groups excluding tert-OH is 1. The Hall–Kier alpha value is -1.00. The summed E-state index contributed by atoms with van der Waals surface area (Å²) in [5, 5.41) is 9.91. The quantitative estimate of drug-likeness (QED) is 0.861. The third-order valence-electron chi connectivity index (χ3n) is 2.54. The topological polar surface area (TPSA) is 29.5 Å². The van der Waals surface area contributed by atoms with Gasteiger partial charge in [-0.15, -0.1) is 0 Å². The predicted octanol–water partition coefficient (Wildman–Crippen LogP) is 2.67. The number of hydrogen-bond acceptors (Lipinski definition) is 2. The first-order chi connectivity index (χ1) is 7.49. The summed E-state index contributed by atoms with van der Waals surface area (Å²) in [5.41, 5.74) is -0.331. The van der Waals surface area contributed by atoms with Gasteiger partial charge in [0.1, 0.15) is 17.7 Å². The summed E-state index contributed by atoms with van der Waals surface area (Å²) in [6.45, 7) is 3.63. The maximum atomic E-state index is 13.4. The molecule has 2 nitrogen and oxygen atoms in total. The minimum absolute atomic E-state index is 0.0426. The molecule has 0 aliphatic rings. The molecule has 0 aromatic heterocycles. The van der Waals surface area contributed by atoms with E-state index >= 15 is 0 Å². The van der Waals surface area contributed by atoms with Gasteiger partial charge < -0.3 is 9.84 Å². The van der Waals surface area contributed by atoms with Gasteiger partial charge in [0, 0.05) is 7.11 Å². The van der Waals surface area contributed by atoms with E-state index in [1.54, 1.807) is 0 Å². The van der Waals surface area contributed by atoms with Gasteiger partial charge in [0.05, 0.1) is 11.7 Å². The van der Waals surface area contributed by atoms with E-state index in [2.05, 4.69) is 0 Å². The second-order valence-electron chi connectivity index (χ2n) is 4.02. The van der Waals surface area contributed by atoms with E-state index < -0.39 is 23.8 Å². The van der Waals surface area contributed by atoms with Crippen LogP contribution in [0.1, 0.15) is 25.5 Å². The molecule has 1 N–H and O–H groups in total. The van der Waals surface area contributed by atoms with Crippen LogP contribution in [0.5, 0.6) is 0 Å². The van der Waals surface area contributed by atoms with Crippen molar-refractivity contribution >= 4 is 0 Å². The monoisotopic (exact) mass is 230 g/mol. The van der Waals surface area contributed by atoms with Crippen LogP contribution in [-0.4, -0.2) is 18.3 Å². The molecular formula is C12H16F2O2. The average Bonchev–Trinajstić information content (AvgIpc) is 2.17. The molecule has 2 unspecified atom stereocenters. The molecule has 1 aromatic rings. The summed E-state index contributed by atoms with van der Waals surface area (Å²) in [5.74, 6) is -1.55. The van der Waals surface area contributed by atoms with Crippen molar-refractivity contribution in [2.45, 2.75) is 26.1 Å². The van der Waals surface area contributed by atoms with Gasteiger partial charge in [-0.05, 0) is 18.1 Å². The van der Waals surface area contributed by atoms with Gasteiger partial charge in [0.2, 0.25) is 0 Å². The third-order valence-corrected chi connectivity index (χ3v) is 2.54. The second-order valence-corrected chi connectivity index (χ2v) is 4.02. The zero-order chi connectivity index (χ0) is 12.3. The number of aliphatic hydroxyl groups is 1. The molecule has 2 atom stereocenters. The number of halogens is 2. The number of ether oxygens (including phenoxy) is 1. The fraction of sp³-hybridized carbons (Fsp3) is 0.500. The fourth-order valence-corrected chi connectivity index (χ4v) is 1.72. The molecule has 0 saturated carbocycles. The summed E-state index contributed by atoms with van der Waals surface area (Å²) >= 11 is 0. The first-order valence-electron chi connectivity index (χ1n) is 5.13. The summed E-state index contributed by atoms with van der Waals surface area (Å²) in [6.07, 6.45) is -1.93. The first kappa shape index (κ1) is 13.1. The lowest BCUT2D eigenvalue weighted by molar-refractivity contribution is -0.0419. The normalized spacial score (nSPS) is 15.2. The van der Waals surface area contributed by atoms with Gasteiger partial charge in [-0.1, -0.05) is 19.9 Å². The van der Waals surface area contributed by atoms with Gasteiger partial charge in [0.25, 0.3) is 0 Å². The SMILES string of the molecule is COC(C(C)C)C(O)c1c(F)cccc1F. The van der Waals surface area contributed by atoms with Crippen LogP contribution in [0.3, 0.4) is 0 Å². The molecule has 0 heterocycles. The van der Waals surface area contributed by atoms with Gasteiger partial charge in [0.15, 0.2) is 0 Å².